The third-order valence-corrected chi connectivity index (χ3v) is 4.12. The van der Waals surface area contributed by atoms with Gasteiger partial charge in [0.15, 0.2) is 5.13 Å². The molecule has 0 aliphatic carbocycles. The Labute approximate surface area is 112 Å². The molecule has 2 unspecified atom stereocenters. The van der Waals surface area contributed by atoms with Gasteiger partial charge in [0.25, 0.3) is 0 Å². The number of carbonyl (C=O) groups excluding carboxylic acids is 1. The van der Waals surface area contributed by atoms with Crippen molar-refractivity contribution in [3.63, 3.8) is 0 Å². The maximum absolute atomic E-state index is 12.1. The number of nitrogens with one attached hydrogen (secondary N) is 2. The van der Waals surface area contributed by atoms with Crippen LogP contribution in [-0.4, -0.2) is 23.5 Å². The zero-order valence-electron chi connectivity index (χ0n) is 11.4. The van der Waals surface area contributed by atoms with Crippen molar-refractivity contribution in [2.24, 2.45) is 5.92 Å². The van der Waals surface area contributed by atoms with Gasteiger partial charge >= 0.3 is 0 Å². The van der Waals surface area contributed by atoms with Crippen LogP contribution in [0.1, 0.15) is 39.8 Å². The van der Waals surface area contributed by atoms with Gasteiger partial charge in [-0.2, -0.15) is 0 Å². The Hall–Kier alpha value is -0.940. The predicted molar refractivity (Wildman–Crippen MR) is 75.0 cm³/mol. The van der Waals surface area contributed by atoms with Crippen LogP contribution in [0.3, 0.4) is 0 Å². The second kappa shape index (κ2) is 4.97. The van der Waals surface area contributed by atoms with Gasteiger partial charge in [-0.05, 0) is 19.9 Å². The quantitative estimate of drug-likeness (QED) is 0.865. The molecule has 1 saturated heterocycles. The lowest BCUT2D eigenvalue weighted by Crippen LogP contribution is -2.32. The van der Waals surface area contributed by atoms with Crippen molar-refractivity contribution in [3.8, 4) is 0 Å². The number of hydrogen-bond donors (Lipinski definition) is 2. The van der Waals surface area contributed by atoms with Crippen LogP contribution in [-0.2, 0) is 10.2 Å². The minimum absolute atomic E-state index is 0.0294. The zero-order chi connectivity index (χ0) is 13.3. The van der Waals surface area contributed by atoms with Gasteiger partial charge in [0.1, 0.15) is 0 Å². The van der Waals surface area contributed by atoms with Crippen molar-refractivity contribution in [1.82, 2.24) is 10.3 Å². The second-order valence-electron chi connectivity index (χ2n) is 5.92. The summed E-state index contributed by atoms with van der Waals surface area (Å²) in [6.07, 6.45) is 0.907. The largest absolute Gasteiger partial charge is 0.313 e. The van der Waals surface area contributed by atoms with Gasteiger partial charge in [0.05, 0.1) is 11.6 Å². The molecule has 1 aliphatic heterocycles. The Morgan fingerprint density at radius 2 is 2.28 bits per heavy atom. The fraction of sp³-hybridized carbons (Fsp3) is 0.692. The molecule has 2 N–H and O–H groups in total. The highest BCUT2D eigenvalue weighted by Gasteiger charge is 2.30. The summed E-state index contributed by atoms with van der Waals surface area (Å²) >= 11 is 1.50. The van der Waals surface area contributed by atoms with Gasteiger partial charge in [-0.3, -0.25) is 4.79 Å². The lowest BCUT2D eigenvalue weighted by atomic mass is 9.93. The van der Waals surface area contributed by atoms with Crippen LogP contribution in [0.25, 0.3) is 0 Å². The number of aromatic nitrogens is 1. The molecular formula is C13H21N3OS. The average molecular weight is 267 g/mol. The van der Waals surface area contributed by atoms with Crippen LogP contribution in [0.2, 0.25) is 0 Å². The van der Waals surface area contributed by atoms with Crippen LogP contribution in [0, 0.1) is 5.92 Å². The summed E-state index contributed by atoms with van der Waals surface area (Å²) in [7, 11) is 0. The molecule has 0 bridgehead atoms. The molecule has 4 nitrogen and oxygen atoms in total. The standard InChI is InChI=1S/C13H21N3OS/c1-8-9(5-6-14-8)11(17)16-12-15-10(7-18-12)13(2,3)4/h7-9,14H,5-6H2,1-4H3,(H,15,16,17). The molecule has 0 radical (unpaired) electrons. The summed E-state index contributed by atoms with van der Waals surface area (Å²) in [4.78, 5) is 16.6. The maximum atomic E-state index is 12.1. The van der Waals surface area contributed by atoms with E-state index in [0.29, 0.717) is 5.13 Å². The van der Waals surface area contributed by atoms with Gasteiger partial charge < -0.3 is 10.6 Å². The average Bonchev–Trinajstić information content (AvgIpc) is 2.85. The van der Waals surface area contributed by atoms with E-state index in [4.69, 9.17) is 0 Å². The molecule has 5 heteroatoms. The molecule has 1 aromatic heterocycles. The van der Waals surface area contributed by atoms with Crippen LogP contribution < -0.4 is 10.6 Å². The molecule has 0 spiro atoms. The number of anilines is 1. The zero-order valence-corrected chi connectivity index (χ0v) is 12.2. The van der Waals surface area contributed by atoms with E-state index in [-0.39, 0.29) is 23.3 Å². The van der Waals surface area contributed by atoms with Crippen molar-refractivity contribution >= 4 is 22.4 Å². The number of thiazole rings is 1. The van der Waals surface area contributed by atoms with Gasteiger partial charge in [0, 0.05) is 16.8 Å². The number of nitrogens with zero attached hydrogens (tertiary/aromatic N) is 1. The molecule has 1 fully saturated rings. The minimum Gasteiger partial charge on any atom is -0.313 e. The van der Waals surface area contributed by atoms with Crippen molar-refractivity contribution < 1.29 is 4.79 Å². The van der Waals surface area contributed by atoms with E-state index < -0.39 is 0 Å². The first kappa shape index (κ1) is 13.5. The van der Waals surface area contributed by atoms with E-state index >= 15 is 0 Å². The SMILES string of the molecule is CC1NCCC1C(=O)Nc1nc(C(C)(C)C)cs1. The summed E-state index contributed by atoms with van der Waals surface area (Å²) < 4.78 is 0. The Bertz CT molecular complexity index is 436. The Morgan fingerprint density at radius 3 is 2.78 bits per heavy atom. The summed E-state index contributed by atoms with van der Waals surface area (Å²) in [6, 6.07) is 0.257. The van der Waals surface area contributed by atoms with Gasteiger partial charge in [-0.1, -0.05) is 20.8 Å². The highest BCUT2D eigenvalue weighted by molar-refractivity contribution is 7.13. The molecule has 1 aromatic rings. The van der Waals surface area contributed by atoms with Crippen LogP contribution in [0.4, 0.5) is 5.13 Å². The molecule has 2 atom stereocenters. The third kappa shape index (κ3) is 2.90. The Morgan fingerprint density at radius 1 is 1.56 bits per heavy atom. The molecule has 1 aliphatic rings. The third-order valence-electron chi connectivity index (χ3n) is 3.36. The molecule has 2 heterocycles. The summed E-state index contributed by atoms with van der Waals surface area (Å²) in [5, 5.41) is 8.95. The Kier molecular flexibility index (Phi) is 3.73. The monoisotopic (exact) mass is 267 g/mol. The summed E-state index contributed by atoms with van der Waals surface area (Å²) in [6.45, 7) is 9.34. The molecule has 18 heavy (non-hydrogen) atoms. The number of hydrogen-bond acceptors (Lipinski definition) is 4. The lowest BCUT2D eigenvalue weighted by Gasteiger charge is -2.15. The molecule has 0 aromatic carbocycles. The number of rotatable bonds is 2. The highest BCUT2D eigenvalue weighted by atomic mass is 32.1. The number of amides is 1. The first-order valence-corrected chi connectivity index (χ1v) is 7.26. The van der Waals surface area contributed by atoms with E-state index in [1.807, 2.05) is 5.38 Å². The van der Waals surface area contributed by atoms with Gasteiger partial charge in [-0.15, -0.1) is 11.3 Å². The fourth-order valence-corrected chi connectivity index (χ4v) is 3.03. The minimum atomic E-state index is 0.0294. The lowest BCUT2D eigenvalue weighted by molar-refractivity contribution is -0.120. The van der Waals surface area contributed by atoms with Crippen molar-refractivity contribution in [2.45, 2.75) is 45.6 Å². The first-order valence-electron chi connectivity index (χ1n) is 6.38. The van der Waals surface area contributed by atoms with E-state index in [1.165, 1.54) is 11.3 Å². The van der Waals surface area contributed by atoms with Crippen LogP contribution >= 0.6 is 11.3 Å². The summed E-state index contributed by atoms with van der Waals surface area (Å²) in [5.74, 6) is 0.147. The van der Waals surface area contributed by atoms with E-state index in [9.17, 15) is 4.79 Å². The van der Waals surface area contributed by atoms with Crippen LogP contribution in [0.15, 0.2) is 5.38 Å². The normalized spacial score (nSPS) is 24.2. The van der Waals surface area contributed by atoms with E-state index in [1.54, 1.807) is 0 Å². The molecule has 1 amide bonds. The smallest absolute Gasteiger partial charge is 0.230 e. The molecule has 100 valence electrons. The second-order valence-corrected chi connectivity index (χ2v) is 6.77. The van der Waals surface area contributed by atoms with E-state index in [2.05, 4.69) is 43.3 Å². The van der Waals surface area contributed by atoms with E-state index in [0.717, 1.165) is 18.7 Å². The van der Waals surface area contributed by atoms with Crippen molar-refractivity contribution in [1.29, 1.82) is 0 Å². The molecular weight excluding hydrogens is 246 g/mol. The summed E-state index contributed by atoms with van der Waals surface area (Å²) in [5.41, 5.74) is 1.06. The molecule has 0 saturated carbocycles. The first-order chi connectivity index (χ1) is 8.38. The van der Waals surface area contributed by atoms with Gasteiger partial charge in [-0.25, -0.2) is 4.98 Å². The van der Waals surface area contributed by atoms with Crippen molar-refractivity contribution in [2.75, 3.05) is 11.9 Å². The maximum Gasteiger partial charge on any atom is 0.230 e. The number of carbonyl (C=O) groups is 1. The van der Waals surface area contributed by atoms with Crippen molar-refractivity contribution in [3.05, 3.63) is 11.1 Å². The molecule has 2 rings (SSSR count). The van der Waals surface area contributed by atoms with Gasteiger partial charge in [0.2, 0.25) is 5.91 Å². The Balaban J connectivity index is 2.01. The van der Waals surface area contributed by atoms with Crippen LogP contribution in [0.5, 0.6) is 0 Å². The highest BCUT2D eigenvalue weighted by Crippen LogP contribution is 2.27. The predicted octanol–water partition coefficient (Wildman–Crippen LogP) is 2.38. The fourth-order valence-electron chi connectivity index (χ4n) is 2.09. The topological polar surface area (TPSA) is 54.0 Å².